The van der Waals surface area contributed by atoms with Crippen LogP contribution in [0.15, 0.2) is 18.2 Å². The lowest BCUT2D eigenvalue weighted by atomic mass is 10.00. The number of imidazole rings is 1. The van der Waals surface area contributed by atoms with Crippen LogP contribution in [0.5, 0.6) is 0 Å². The van der Waals surface area contributed by atoms with Crippen LogP contribution in [0.4, 0.5) is 0 Å². The SMILES string of the molecule is CCc1nc2cccc(C(=O)O)c2n1C(CCO)C(C)C. The van der Waals surface area contributed by atoms with Crippen molar-refractivity contribution in [3.8, 4) is 0 Å². The zero-order chi connectivity index (χ0) is 15.6. The van der Waals surface area contributed by atoms with Crippen molar-refractivity contribution in [1.82, 2.24) is 9.55 Å². The fourth-order valence-corrected chi connectivity index (χ4v) is 2.87. The number of rotatable bonds is 6. The summed E-state index contributed by atoms with van der Waals surface area (Å²) in [6, 6.07) is 5.21. The molecule has 0 amide bonds. The summed E-state index contributed by atoms with van der Waals surface area (Å²) in [4.78, 5) is 16.1. The molecule has 0 radical (unpaired) electrons. The highest BCUT2D eigenvalue weighted by atomic mass is 16.4. The van der Waals surface area contributed by atoms with E-state index in [-0.39, 0.29) is 24.1 Å². The van der Waals surface area contributed by atoms with Crippen LogP contribution in [0.25, 0.3) is 11.0 Å². The van der Waals surface area contributed by atoms with Crippen molar-refractivity contribution in [2.75, 3.05) is 6.61 Å². The van der Waals surface area contributed by atoms with Gasteiger partial charge >= 0.3 is 5.97 Å². The van der Waals surface area contributed by atoms with Gasteiger partial charge in [0.05, 0.1) is 16.6 Å². The van der Waals surface area contributed by atoms with Gasteiger partial charge in [-0.15, -0.1) is 0 Å². The zero-order valence-electron chi connectivity index (χ0n) is 12.7. The fraction of sp³-hybridized carbons (Fsp3) is 0.500. The maximum Gasteiger partial charge on any atom is 0.337 e. The molecule has 1 unspecified atom stereocenters. The van der Waals surface area contributed by atoms with Crippen LogP contribution in [-0.2, 0) is 6.42 Å². The molecule has 1 aromatic heterocycles. The predicted molar refractivity (Wildman–Crippen MR) is 81.6 cm³/mol. The molecule has 0 spiro atoms. The number of hydrogen-bond donors (Lipinski definition) is 2. The molecule has 0 saturated carbocycles. The number of benzene rings is 1. The average molecular weight is 290 g/mol. The predicted octanol–water partition coefficient (Wildman–Crippen LogP) is 2.88. The lowest BCUT2D eigenvalue weighted by molar-refractivity contribution is 0.0698. The summed E-state index contributed by atoms with van der Waals surface area (Å²) >= 11 is 0. The van der Waals surface area contributed by atoms with E-state index < -0.39 is 5.97 Å². The van der Waals surface area contributed by atoms with E-state index in [0.717, 1.165) is 12.2 Å². The highest BCUT2D eigenvalue weighted by Crippen LogP contribution is 2.30. The molecular formula is C16H22N2O3. The van der Waals surface area contributed by atoms with Gasteiger partial charge in [-0.05, 0) is 24.5 Å². The number of fused-ring (bicyclic) bond motifs is 1. The van der Waals surface area contributed by atoms with Crippen LogP contribution in [0.2, 0.25) is 0 Å². The average Bonchev–Trinajstić information content (AvgIpc) is 2.82. The van der Waals surface area contributed by atoms with Crippen molar-refractivity contribution in [1.29, 1.82) is 0 Å². The third kappa shape index (κ3) is 2.78. The first kappa shape index (κ1) is 15.5. The molecule has 2 N–H and O–H groups in total. The highest BCUT2D eigenvalue weighted by Gasteiger charge is 2.24. The number of carboxylic acids is 1. The minimum atomic E-state index is -0.948. The number of carboxylic acid groups (broad SMARTS) is 1. The molecule has 2 aromatic rings. The van der Waals surface area contributed by atoms with Crippen LogP contribution in [0.3, 0.4) is 0 Å². The molecule has 21 heavy (non-hydrogen) atoms. The molecule has 0 aliphatic rings. The quantitative estimate of drug-likeness (QED) is 0.857. The molecular weight excluding hydrogens is 268 g/mol. The van der Waals surface area contributed by atoms with E-state index in [1.807, 2.05) is 17.6 Å². The molecule has 0 aliphatic carbocycles. The molecule has 1 aromatic carbocycles. The van der Waals surface area contributed by atoms with E-state index in [9.17, 15) is 15.0 Å². The fourth-order valence-electron chi connectivity index (χ4n) is 2.87. The maximum atomic E-state index is 11.5. The van der Waals surface area contributed by atoms with Crippen LogP contribution in [0, 0.1) is 5.92 Å². The Morgan fingerprint density at radius 3 is 2.62 bits per heavy atom. The number of aliphatic hydroxyl groups excluding tert-OH is 1. The molecule has 1 heterocycles. The van der Waals surface area contributed by atoms with Crippen LogP contribution >= 0.6 is 0 Å². The summed E-state index contributed by atoms with van der Waals surface area (Å²) in [6.45, 7) is 6.24. The van der Waals surface area contributed by atoms with Gasteiger partial charge in [0.15, 0.2) is 0 Å². The number of aromatic nitrogens is 2. The van der Waals surface area contributed by atoms with Crippen molar-refractivity contribution < 1.29 is 15.0 Å². The number of hydrogen-bond acceptors (Lipinski definition) is 3. The maximum absolute atomic E-state index is 11.5. The number of aromatic carboxylic acids is 1. The Balaban J connectivity index is 2.77. The van der Waals surface area contributed by atoms with E-state index in [1.165, 1.54) is 0 Å². The molecule has 1 atom stereocenters. The summed E-state index contributed by atoms with van der Waals surface area (Å²) in [5, 5.41) is 18.8. The molecule has 114 valence electrons. The van der Waals surface area contributed by atoms with Gasteiger partial charge in [-0.25, -0.2) is 9.78 Å². The first-order chi connectivity index (χ1) is 10.0. The second-order valence-electron chi connectivity index (χ2n) is 5.55. The van der Waals surface area contributed by atoms with E-state index in [4.69, 9.17) is 0 Å². The molecule has 5 nitrogen and oxygen atoms in total. The standard InChI is InChI=1S/C16H22N2O3/c1-4-14-17-12-7-5-6-11(16(20)21)15(12)18(14)13(8-9-19)10(2)3/h5-7,10,13,19H,4,8-9H2,1-3H3,(H,20,21). The molecule has 0 fully saturated rings. The Kier molecular flexibility index (Phi) is 4.63. The van der Waals surface area contributed by atoms with Gasteiger partial charge in [0.2, 0.25) is 0 Å². The van der Waals surface area contributed by atoms with E-state index in [2.05, 4.69) is 18.8 Å². The van der Waals surface area contributed by atoms with E-state index in [1.54, 1.807) is 12.1 Å². The van der Waals surface area contributed by atoms with Crippen molar-refractivity contribution >= 4 is 17.0 Å². The molecule has 5 heteroatoms. The minimum absolute atomic E-state index is 0.0375. The molecule has 0 aliphatic heterocycles. The Morgan fingerprint density at radius 2 is 2.10 bits per heavy atom. The van der Waals surface area contributed by atoms with Crippen molar-refractivity contribution in [3.63, 3.8) is 0 Å². The largest absolute Gasteiger partial charge is 0.478 e. The van der Waals surface area contributed by atoms with Gasteiger partial charge in [-0.1, -0.05) is 26.8 Å². The smallest absolute Gasteiger partial charge is 0.337 e. The Bertz CT molecular complexity index is 646. The minimum Gasteiger partial charge on any atom is -0.478 e. The van der Waals surface area contributed by atoms with Crippen LogP contribution < -0.4 is 0 Å². The van der Waals surface area contributed by atoms with Gasteiger partial charge in [0, 0.05) is 19.1 Å². The normalized spacial score (nSPS) is 13.0. The highest BCUT2D eigenvalue weighted by molar-refractivity contribution is 6.01. The second-order valence-corrected chi connectivity index (χ2v) is 5.55. The first-order valence-electron chi connectivity index (χ1n) is 7.35. The van der Waals surface area contributed by atoms with Crippen molar-refractivity contribution in [2.45, 2.75) is 39.7 Å². The lowest BCUT2D eigenvalue weighted by Crippen LogP contribution is -2.20. The second kappa shape index (κ2) is 6.26. The van der Waals surface area contributed by atoms with Gasteiger partial charge in [-0.2, -0.15) is 0 Å². The third-order valence-corrected chi connectivity index (χ3v) is 3.86. The summed E-state index contributed by atoms with van der Waals surface area (Å²) in [7, 11) is 0. The van der Waals surface area contributed by atoms with Gasteiger partial charge in [-0.3, -0.25) is 0 Å². The van der Waals surface area contributed by atoms with Crippen LogP contribution in [0.1, 0.15) is 49.4 Å². The molecule has 0 saturated heterocycles. The Hall–Kier alpha value is -1.88. The molecule has 2 rings (SSSR count). The van der Waals surface area contributed by atoms with Gasteiger partial charge < -0.3 is 14.8 Å². The van der Waals surface area contributed by atoms with E-state index >= 15 is 0 Å². The Labute approximate surface area is 124 Å². The third-order valence-electron chi connectivity index (χ3n) is 3.86. The Morgan fingerprint density at radius 1 is 1.38 bits per heavy atom. The van der Waals surface area contributed by atoms with Crippen molar-refractivity contribution in [2.24, 2.45) is 5.92 Å². The number of carbonyl (C=O) groups is 1. The van der Waals surface area contributed by atoms with Gasteiger partial charge in [0.1, 0.15) is 5.82 Å². The first-order valence-corrected chi connectivity index (χ1v) is 7.35. The zero-order valence-corrected chi connectivity index (χ0v) is 12.7. The summed E-state index contributed by atoms with van der Waals surface area (Å²) in [5.41, 5.74) is 1.63. The summed E-state index contributed by atoms with van der Waals surface area (Å²) in [6.07, 6.45) is 1.31. The number of aryl methyl sites for hydroxylation is 1. The number of nitrogens with zero attached hydrogens (tertiary/aromatic N) is 2. The topological polar surface area (TPSA) is 75.3 Å². The monoisotopic (exact) mass is 290 g/mol. The number of aliphatic hydroxyl groups is 1. The van der Waals surface area contributed by atoms with Crippen LogP contribution in [-0.4, -0.2) is 32.3 Å². The lowest BCUT2D eigenvalue weighted by Gasteiger charge is -2.25. The van der Waals surface area contributed by atoms with E-state index in [0.29, 0.717) is 17.5 Å². The van der Waals surface area contributed by atoms with Crippen molar-refractivity contribution in [3.05, 3.63) is 29.6 Å². The summed E-state index contributed by atoms with van der Waals surface area (Å²) < 4.78 is 2.01. The summed E-state index contributed by atoms with van der Waals surface area (Å²) in [5.74, 6) is 0.198. The van der Waals surface area contributed by atoms with Gasteiger partial charge in [0.25, 0.3) is 0 Å². The number of para-hydroxylation sites is 1. The molecule has 0 bridgehead atoms.